The molecule has 0 aromatic carbocycles. The van der Waals surface area contributed by atoms with Gasteiger partial charge in [0.25, 0.3) is 0 Å². The minimum atomic E-state index is -0.240. The first-order valence-corrected chi connectivity index (χ1v) is 7.66. The second-order valence-corrected chi connectivity index (χ2v) is 6.38. The lowest BCUT2D eigenvalue weighted by Crippen LogP contribution is -2.52. The second kappa shape index (κ2) is 5.29. The number of hydrogen-bond donors (Lipinski definition) is 1. The maximum atomic E-state index is 12.4. The monoisotopic (exact) mass is 339 g/mol. The van der Waals surface area contributed by atoms with Gasteiger partial charge in [-0.25, -0.2) is 9.97 Å². The van der Waals surface area contributed by atoms with Gasteiger partial charge in [0.05, 0.1) is 9.89 Å². The molecule has 108 valence electrons. The Morgan fingerprint density at radius 1 is 1.25 bits per heavy atom. The van der Waals surface area contributed by atoms with Crippen LogP contribution < -0.4 is 10.6 Å². The SMILES string of the molecule is NCC1(C(=O)N2CCN(c3ncc(Br)cn3)CC2)CC1. The smallest absolute Gasteiger partial charge is 0.230 e. The van der Waals surface area contributed by atoms with Crippen LogP contribution in [-0.4, -0.2) is 53.5 Å². The summed E-state index contributed by atoms with van der Waals surface area (Å²) in [5.41, 5.74) is 5.49. The Balaban J connectivity index is 1.59. The highest BCUT2D eigenvalue weighted by atomic mass is 79.9. The molecule has 1 aromatic heterocycles. The van der Waals surface area contributed by atoms with Gasteiger partial charge in [0.1, 0.15) is 0 Å². The van der Waals surface area contributed by atoms with Crippen molar-refractivity contribution in [2.75, 3.05) is 37.6 Å². The summed E-state index contributed by atoms with van der Waals surface area (Å²) in [7, 11) is 0. The molecule has 1 aliphatic heterocycles. The van der Waals surface area contributed by atoms with E-state index in [1.165, 1.54) is 0 Å². The predicted octanol–water partition coefficient (Wildman–Crippen LogP) is 0.627. The predicted molar refractivity (Wildman–Crippen MR) is 79.2 cm³/mol. The third-order valence-electron chi connectivity index (χ3n) is 4.15. The maximum absolute atomic E-state index is 12.4. The summed E-state index contributed by atoms with van der Waals surface area (Å²) in [4.78, 5) is 25.0. The highest BCUT2D eigenvalue weighted by molar-refractivity contribution is 9.10. The van der Waals surface area contributed by atoms with E-state index in [0.717, 1.165) is 49.4 Å². The number of carbonyl (C=O) groups excluding carboxylic acids is 1. The number of hydrogen-bond acceptors (Lipinski definition) is 5. The number of aromatic nitrogens is 2. The zero-order chi connectivity index (χ0) is 14.2. The number of carbonyl (C=O) groups is 1. The lowest BCUT2D eigenvalue weighted by atomic mass is 10.1. The molecule has 1 saturated heterocycles. The topological polar surface area (TPSA) is 75.4 Å². The molecule has 6 nitrogen and oxygen atoms in total. The zero-order valence-electron chi connectivity index (χ0n) is 11.3. The Morgan fingerprint density at radius 2 is 1.85 bits per heavy atom. The summed E-state index contributed by atoms with van der Waals surface area (Å²) in [6.07, 6.45) is 5.37. The molecule has 3 rings (SSSR count). The number of nitrogens with two attached hydrogens (primary N) is 1. The van der Waals surface area contributed by atoms with Crippen molar-refractivity contribution in [1.29, 1.82) is 0 Å². The first-order valence-electron chi connectivity index (χ1n) is 6.87. The van der Waals surface area contributed by atoms with E-state index >= 15 is 0 Å². The molecule has 1 saturated carbocycles. The van der Waals surface area contributed by atoms with Crippen molar-refractivity contribution in [3.63, 3.8) is 0 Å². The molecule has 1 aliphatic carbocycles. The number of rotatable bonds is 3. The van der Waals surface area contributed by atoms with Gasteiger partial charge in [0.15, 0.2) is 0 Å². The average Bonchev–Trinajstić information content (AvgIpc) is 3.29. The van der Waals surface area contributed by atoms with Crippen LogP contribution in [0.5, 0.6) is 0 Å². The molecule has 7 heteroatoms. The van der Waals surface area contributed by atoms with Crippen LogP contribution in [0.1, 0.15) is 12.8 Å². The fourth-order valence-electron chi connectivity index (χ4n) is 2.57. The maximum Gasteiger partial charge on any atom is 0.230 e. The van der Waals surface area contributed by atoms with Gasteiger partial charge in [0, 0.05) is 45.1 Å². The summed E-state index contributed by atoms with van der Waals surface area (Å²) in [6.45, 7) is 3.46. The van der Waals surface area contributed by atoms with Gasteiger partial charge in [-0.2, -0.15) is 0 Å². The van der Waals surface area contributed by atoms with E-state index in [-0.39, 0.29) is 11.3 Å². The van der Waals surface area contributed by atoms with Gasteiger partial charge in [0.2, 0.25) is 11.9 Å². The Morgan fingerprint density at radius 3 is 2.35 bits per heavy atom. The second-order valence-electron chi connectivity index (χ2n) is 5.46. The zero-order valence-corrected chi connectivity index (χ0v) is 12.8. The standard InChI is InChI=1S/C13H18BrN5O/c14-10-7-16-12(17-8-10)19-5-3-18(4-6-19)11(20)13(9-15)1-2-13/h7-8H,1-6,9,15H2. The molecular weight excluding hydrogens is 322 g/mol. The van der Waals surface area contributed by atoms with Gasteiger partial charge in [-0.1, -0.05) is 0 Å². The van der Waals surface area contributed by atoms with Crippen molar-refractivity contribution in [2.24, 2.45) is 11.1 Å². The van der Waals surface area contributed by atoms with Crippen molar-refractivity contribution in [3.8, 4) is 0 Å². The Hall–Kier alpha value is -1.21. The van der Waals surface area contributed by atoms with E-state index in [2.05, 4.69) is 30.8 Å². The molecule has 0 radical (unpaired) electrons. The summed E-state index contributed by atoms with van der Waals surface area (Å²) in [6, 6.07) is 0. The number of piperazine rings is 1. The average molecular weight is 340 g/mol. The minimum absolute atomic E-state index is 0.233. The van der Waals surface area contributed by atoms with Crippen LogP contribution in [0.4, 0.5) is 5.95 Å². The van der Waals surface area contributed by atoms with E-state index in [9.17, 15) is 4.79 Å². The summed E-state index contributed by atoms with van der Waals surface area (Å²) >= 11 is 3.33. The van der Waals surface area contributed by atoms with Crippen LogP contribution in [-0.2, 0) is 4.79 Å². The normalized spacial score (nSPS) is 20.9. The molecule has 0 spiro atoms. The van der Waals surface area contributed by atoms with Crippen LogP contribution in [0.25, 0.3) is 0 Å². The lowest BCUT2D eigenvalue weighted by Gasteiger charge is -2.36. The molecule has 0 bridgehead atoms. The van der Waals surface area contributed by atoms with Gasteiger partial charge in [-0.15, -0.1) is 0 Å². The number of anilines is 1. The molecule has 2 N–H and O–H groups in total. The van der Waals surface area contributed by atoms with E-state index < -0.39 is 0 Å². The number of halogens is 1. The van der Waals surface area contributed by atoms with Crippen molar-refractivity contribution >= 4 is 27.8 Å². The minimum Gasteiger partial charge on any atom is -0.339 e. The summed E-state index contributed by atoms with van der Waals surface area (Å²) in [5.74, 6) is 0.955. The Bertz CT molecular complexity index is 494. The van der Waals surface area contributed by atoms with Gasteiger partial charge >= 0.3 is 0 Å². The fraction of sp³-hybridized carbons (Fsp3) is 0.615. The molecule has 1 amide bonds. The third-order valence-corrected chi connectivity index (χ3v) is 4.56. The van der Waals surface area contributed by atoms with Gasteiger partial charge < -0.3 is 15.5 Å². The summed E-state index contributed by atoms with van der Waals surface area (Å²) in [5, 5.41) is 0. The highest BCUT2D eigenvalue weighted by Crippen LogP contribution is 2.46. The van der Waals surface area contributed by atoms with Crippen molar-refractivity contribution < 1.29 is 4.79 Å². The van der Waals surface area contributed by atoms with Crippen LogP contribution in [0, 0.1) is 5.41 Å². The van der Waals surface area contributed by atoms with Crippen molar-refractivity contribution in [1.82, 2.24) is 14.9 Å². The van der Waals surface area contributed by atoms with Crippen molar-refractivity contribution in [3.05, 3.63) is 16.9 Å². The van der Waals surface area contributed by atoms with E-state index in [0.29, 0.717) is 6.54 Å². The first kappa shape index (κ1) is 13.8. The molecule has 2 fully saturated rings. The molecule has 20 heavy (non-hydrogen) atoms. The number of nitrogens with zero attached hydrogens (tertiary/aromatic N) is 4. The summed E-state index contributed by atoms with van der Waals surface area (Å²) < 4.78 is 0.869. The van der Waals surface area contributed by atoms with Gasteiger partial charge in [-0.3, -0.25) is 4.79 Å². The molecular formula is C13H18BrN5O. The largest absolute Gasteiger partial charge is 0.339 e. The van der Waals surface area contributed by atoms with Crippen LogP contribution >= 0.6 is 15.9 Å². The number of amides is 1. The lowest BCUT2D eigenvalue weighted by molar-refractivity contribution is -0.136. The fourth-order valence-corrected chi connectivity index (χ4v) is 2.77. The molecule has 2 aliphatic rings. The Kier molecular flexibility index (Phi) is 3.64. The molecule has 1 aromatic rings. The highest BCUT2D eigenvalue weighted by Gasteiger charge is 2.50. The van der Waals surface area contributed by atoms with Crippen LogP contribution in [0.15, 0.2) is 16.9 Å². The molecule has 0 atom stereocenters. The van der Waals surface area contributed by atoms with E-state index in [1.807, 2.05) is 4.90 Å². The van der Waals surface area contributed by atoms with E-state index in [4.69, 9.17) is 5.73 Å². The Labute approximate surface area is 126 Å². The molecule has 0 unspecified atom stereocenters. The first-order chi connectivity index (χ1) is 9.64. The van der Waals surface area contributed by atoms with Crippen molar-refractivity contribution in [2.45, 2.75) is 12.8 Å². The van der Waals surface area contributed by atoms with Crippen LogP contribution in [0.3, 0.4) is 0 Å². The van der Waals surface area contributed by atoms with Crippen LogP contribution in [0.2, 0.25) is 0 Å². The third kappa shape index (κ3) is 2.52. The van der Waals surface area contributed by atoms with Gasteiger partial charge in [-0.05, 0) is 28.8 Å². The molecule has 2 heterocycles. The van der Waals surface area contributed by atoms with E-state index in [1.54, 1.807) is 12.4 Å². The quantitative estimate of drug-likeness (QED) is 0.873.